The van der Waals surface area contributed by atoms with Crippen LogP contribution in [0.5, 0.6) is 0 Å². The standard InChI is InChI=1S/C9H19NO2/c1-5-10-8(7(2)3)6-9(11)12-4/h7-8,10H,5-6H2,1-4H3. The van der Waals surface area contributed by atoms with Crippen LogP contribution in [-0.2, 0) is 9.53 Å². The molecule has 3 heteroatoms. The first-order valence-corrected chi connectivity index (χ1v) is 4.42. The summed E-state index contributed by atoms with van der Waals surface area (Å²) in [5.74, 6) is 0.318. The van der Waals surface area contributed by atoms with Crippen molar-refractivity contribution in [1.82, 2.24) is 5.32 Å². The maximum atomic E-state index is 10.9. The van der Waals surface area contributed by atoms with Gasteiger partial charge in [-0.1, -0.05) is 20.8 Å². The molecular formula is C9H19NO2. The fraction of sp³-hybridized carbons (Fsp3) is 0.889. The zero-order valence-electron chi connectivity index (χ0n) is 8.39. The fourth-order valence-corrected chi connectivity index (χ4v) is 1.07. The van der Waals surface area contributed by atoms with Crippen molar-refractivity contribution in [3.05, 3.63) is 0 Å². The van der Waals surface area contributed by atoms with E-state index in [9.17, 15) is 4.79 Å². The van der Waals surface area contributed by atoms with Gasteiger partial charge >= 0.3 is 5.97 Å². The van der Waals surface area contributed by atoms with Gasteiger partial charge in [0.25, 0.3) is 0 Å². The maximum absolute atomic E-state index is 10.9. The van der Waals surface area contributed by atoms with Gasteiger partial charge in [0.05, 0.1) is 13.5 Å². The number of esters is 1. The van der Waals surface area contributed by atoms with Crippen LogP contribution >= 0.6 is 0 Å². The molecule has 0 aromatic heterocycles. The second kappa shape index (κ2) is 6.00. The Balaban J connectivity index is 3.86. The van der Waals surface area contributed by atoms with E-state index in [-0.39, 0.29) is 12.0 Å². The van der Waals surface area contributed by atoms with Crippen LogP contribution in [0, 0.1) is 5.92 Å². The van der Waals surface area contributed by atoms with Gasteiger partial charge in [-0.2, -0.15) is 0 Å². The number of carbonyl (C=O) groups excluding carboxylic acids is 1. The van der Waals surface area contributed by atoms with E-state index >= 15 is 0 Å². The van der Waals surface area contributed by atoms with Crippen molar-refractivity contribution in [3.63, 3.8) is 0 Å². The van der Waals surface area contributed by atoms with Crippen LogP contribution in [0.2, 0.25) is 0 Å². The van der Waals surface area contributed by atoms with Crippen LogP contribution in [0.4, 0.5) is 0 Å². The third kappa shape index (κ3) is 4.34. The first kappa shape index (κ1) is 11.4. The lowest BCUT2D eigenvalue weighted by molar-refractivity contribution is -0.141. The molecule has 0 saturated carbocycles. The van der Waals surface area contributed by atoms with E-state index in [1.165, 1.54) is 7.11 Å². The summed E-state index contributed by atoms with van der Waals surface area (Å²) < 4.78 is 4.60. The van der Waals surface area contributed by atoms with Crippen LogP contribution < -0.4 is 5.32 Å². The number of rotatable bonds is 5. The highest BCUT2D eigenvalue weighted by molar-refractivity contribution is 5.69. The summed E-state index contributed by atoms with van der Waals surface area (Å²) in [5, 5.41) is 3.25. The van der Waals surface area contributed by atoms with Gasteiger partial charge in [-0.05, 0) is 12.5 Å². The van der Waals surface area contributed by atoms with Crippen LogP contribution in [0.25, 0.3) is 0 Å². The van der Waals surface area contributed by atoms with Crippen molar-refractivity contribution in [3.8, 4) is 0 Å². The summed E-state index contributed by atoms with van der Waals surface area (Å²) >= 11 is 0. The predicted octanol–water partition coefficient (Wildman–Crippen LogP) is 1.18. The van der Waals surface area contributed by atoms with Gasteiger partial charge < -0.3 is 10.1 Å². The molecule has 0 fully saturated rings. The summed E-state index contributed by atoms with van der Waals surface area (Å²) in [6.45, 7) is 7.11. The first-order valence-electron chi connectivity index (χ1n) is 4.42. The van der Waals surface area contributed by atoms with Gasteiger partial charge in [-0.3, -0.25) is 4.79 Å². The van der Waals surface area contributed by atoms with Gasteiger partial charge in [-0.25, -0.2) is 0 Å². The van der Waals surface area contributed by atoms with E-state index in [4.69, 9.17) is 0 Å². The zero-order chi connectivity index (χ0) is 9.56. The largest absolute Gasteiger partial charge is 0.469 e. The quantitative estimate of drug-likeness (QED) is 0.634. The Labute approximate surface area is 74.5 Å². The topological polar surface area (TPSA) is 38.3 Å². The molecule has 1 unspecified atom stereocenters. The molecule has 0 amide bonds. The van der Waals surface area contributed by atoms with Crippen molar-refractivity contribution in [2.45, 2.75) is 33.2 Å². The van der Waals surface area contributed by atoms with Crippen molar-refractivity contribution in [1.29, 1.82) is 0 Å². The van der Waals surface area contributed by atoms with Gasteiger partial charge in [0.2, 0.25) is 0 Å². The molecule has 0 aliphatic rings. The molecule has 1 atom stereocenters. The van der Waals surface area contributed by atoms with Gasteiger partial charge in [0.15, 0.2) is 0 Å². The molecule has 0 aliphatic carbocycles. The average Bonchev–Trinajstić information content (AvgIpc) is 2.03. The molecule has 0 spiro atoms. The average molecular weight is 173 g/mol. The molecule has 1 N–H and O–H groups in total. The van der Waals surface area contributed by atoms with Crippen molar-refractivity contribution in [2.24, 2.45) is 5.92 Å². The SMILES string of the molecule is CCNC(CC(=O)OC)C(C)C. The lowest BCUT2D eigenvalue weighted by Gasteiger charge is -2.20. The maximum Gasteiger partial charge on any atom is 0.307 e. The summed E-state index contributed by atoms with van der Waals surface area (Å²) in [6.07, 6.45) is 0.460. The lowest BCUT2D eigenvalue weighted by Crippen LogP contribution is -2.35. The van der Waals surface area contributed by atoms with Crippen LogP contribution in [0.1, 0.15) is 27.2 Å². The van der Waals surface area contributed by atoms with E-state index in [1.807, 2.05) is 6.92 Å². The minimum absolute atomic E-state index is 0.144. The van der Waals surface area contributed by atoms with Gasteiger partial charge in [0.1, 0.15) is 0 Å². The molecular weight excluding hydrogens is 154 g/mol. The Bertz CT molecular complexity index is 134. The Kier molecular flexibility index (Phi) is 5.72. The van der Waals surface area contributed by atoms with E-state index in [0.29, 0.717) is 12.3 Å². The smallest absolute Gasteiger partial charge is 0.307 e. The lowest BCUT2D eigenvalue weighted by atomic mass is 10.0. The Morgan fingerprint density at radius 1 is 1.50 bits per heavy atom. The van der Waals surface area contributed by atoms with E-state index in [0.717, 1.165) is 6.54 Å². The molecule has 3 nitrogen and oxygen atoms in total. The number of methoxy groups -OCH3 is 1. The zero-order valence-corrected chi connectivity index (χ0v) is 8.39. The predicted molar refractivity (Wildman–Crippen MR) is 48.9 cm³/mol. The van der Waals surface area contributed by atoms with E-state index in [2.05, 4.69) is 23.9 Å². The van der Waals surface area contributed by atoms with Gasteiger partial charge in [-0.15, -0.1) is 0 Å². The number of hydrogen-bond acceptors (Lipinski definition) is 3. The minimum atomic E-state index is -0.144. The third-order valence-electron chi connectivity index (χ3n) is 1.89. The van der Waals surface area contributed by atoms with Crippen LogP contribution in [0.15, 0.2) is 0 Å². The Morgan fingerprint density at radius 2 is 2.08 bits per heavy atom. The number of hydrogen-bond donors (Lipinski definition) is 1. The summed E-state index contributed by atoms with van der Waals surface area (Å²) in [4.78, 5) is 10.9. The summed E-state index contributed by atoms with van der Waals surface area (Å²) in [6, 6.07) is 0.238. The summed E-state index contributed by atoms with van der Waals surface area (Å²) in [7, 11) is 1.42. The molecule has 0 aliphatic heterocycles. The Hall–Kier alpha value is -0.570. The van der Waals surface area contributed by atoms with Gasteiger partial charge in [0, 0.05) is 6.04 Å². The van der Waals surface area contributed by atoms with E-state index in [1.54, 1.807) is 0 Å². The molecule has 0 rings (SSSR count). The second-order valence-electron chi connectivity index (χ2n) is 3.19. The third-order valence-corrected chi connectivity index (χ3v) is 1.89. The number of nitrogens with one attached hydrogen (secondary N) is 1. The number of carbonyl (C=O) groups is 1. The second-order valence-corrected chi connectivity index (χ2v) is 3.19. The number of ether oxygens (including phenoxy) is 1. The van der Waals surface area contributed by atoms with Crippen molar-refractivity contribution in [2.75, 3.05) is 13.7 Å². The molecule has 72 valence electrons. The Morgan fingerprint density at radius 3 is 2.42 bits per heavy atom. The van der Waals surface area contributed by atoms with Crippen molar-refractivity contribution >= 4 is 5.97 Å². The highest BCUT2D eigenvalue weighted by Gasteiger charge is 2.16. The molecule has 0 aromatic rings. The van der Waals surface area contributed by atoms with Crippen molar-refractivity contribution < 1.29 is 9.53 Å². The molecule has 12 heavy (non-hydrogen) atoms. The summed E-state index contributed by atoms with van der Waals surface area (Å²) in [5.41, 5.74) is 0. The van der Waals surface area contributed by atoms with Crippen LogP contribution in [0.3, 0.4) is 0 Å². The van der Waals surface area contributed by atoms with E-state index < -0.39 is 0 Å². The minimum Gasteiger partial charge on any atom is -0.469 e. The van der Waals surface area contributed by atoms with Crippen LogP contribution in [-0.4, -0.2) is 25.7 Å². The molecule has 0 bridgehead atoms. The molecule has 0 aromatic carbocycles. The molecule has 0 radical (unpaired) electrons. The highest BCUT2D eigenvalue weighted by atomic mass is 16.5. The highest BCUT2D eigenvalue weighted by Crippen LogP contribution is 2.06. The molecule has 0 saturated heterocycles. The molecule has 0 heterocycles. The monoisotopic (exact) mass is 173 g/mol. The normalized spacial score (nSPS) is 13.1. The fourth-order valence-electron chi connectivity index (χ4n) is 1.07. The first-order chi connectivity index (χ1) is 5.61.